The highest BCUT2D eigenvalue weighted by atomic mass is 19.4. The largest absolute Gasteiger partial charge is 0.480 e. The van der Waals surface area contributed by atoms with Crippen LogP contribution in [0.2, 0.25) is 0 Å². The van der Waals surface area contributed by atoms with E-state index in [-0.39, 0.29) is 10.5 Å². The normalized spacial score (nSPS) is 11.6. The van der Waals surface area contributed by atoms with Gasteiger partial charge in [0, 0.05) is 10.9 Å². The van der Waals surface area contributed by atoms with Gasteiger partial charge in [-0.2, -0.15) is 18.3 Å². The van der Waals surface area contributed by atoms with E-state index in [9.17, 15) is 22.8 Å². The predicted molar refractivity (Wildman–Crippen MR) is 65.7 cm³/mol. The van der Waals surface area contributed by atoms with Crippen LogP contribution in [0.25, 0.3) is 10.9 Å². The maximum absolute atomic E-state index is 12.4. The number of alkyl halides is 3. The van der Waals surface area contributed by atoms with Gasteiger partial charge in [-0.25, -0.2) is 0 Å². The Hall–Kier alpha value is -2.58. The number of benzene rings is 1. The number of nitrogens with zero attached hydrogens (tertiary/aromatic N) is 2. The number of nitrogens with one attached hydrogen (secondary N) is 1. The van der Waals surface area contributed by atoms with Crippen molar-refractivity contribution >= 4 is 22.8 Å². The van der Waals surface area contributed by atoms with Crippen molar-refractivity contribution in [1.29, 1.82) is 0 Å². The van der Waals surface area contributed by atoms with Gasteiger partial charge in [0.25, 0.3) is 5.91 Å². The number of aliphatic carboxylic acids is 1. The third-order valence-electron chi connectivity index (χ3n) is 2.67. The number of carboxylic acids is 1. The van der Waals surface area contributed by atoms with E-state index in [0.717, 1.165) is 0 Å². The van der Waals surface area contributed by atoms with Gasteiger partial charge < -0.3 is 10.0 Å². The van der Waals surface area contributed by atoms with Crippen LogP contribution in [0.3, 0.4) is 0 Å². The number of amides is 1. The van der Waals surface area contributed by atoms with E-state index in [1.807, 2.05) is 0 Å². The van der Waals surface area contributed by atoms with Crippen molar-refractivity contribution in [2.45, 2.75) is 6.18 Å². The Balaban J connectivity index is 2.29. The molecule has 0 atom stereocenters. The molecule has 2 aromatic rings. The van der Waals surface area contributed by atoms with Crippen LogP contribution < -0.4 is 0 Å². The van der Waals surface area contributed by atoms with Crippen molar-refractivity contribution in [3.8, 4) is 0 Å². The molecule has 1 aromatic heterocycles. The van der Waals surface area contributed by atoms with Gasteiger partial charge >= 0.3 is 12.1 Å². The van der Waals surface area contributed by atoms with Gasteiger partial charge in [-0.1, -0.05) is 6.07 Å². The summed E-state index contributed by atoms with van der Waals surface area (Å²) >= 11 is 0. The molecule has 0 aliphatic carbocycles. The fourth-order valence-corrected chi connectivity index (χ4v) is 1.83. The number of carbonyl (C=O) groups excluding carboxylic acids is 1. The average molecular weight is 301 g/mol. The molecule has 0 aliphatic heterocycles. The minimum absolute atomic E-state index is 0.0442. The zero-order chi connectivity index (χ0) is 15.6. The van der Waals surface area contributed by atoms with Crippen molar-refractivity contribution in [3.63, 3.8) is 0 Å². The molecule has 21 heavy (non-hydrogen) atoms. The molecule has 0 radical (unpaired) electrons. The zero-order valence-corrected chi connectivity index (χ0v) is 10.5. The molecule has 0 spiro atoms. The van der Waals surface area contributed by atoms with E-state index in [4.69, 9.17) is 5.11 Å². The molecular weight excluding hydrogens is 291 g/mol. The second kappa shape index (κ2) is 5.43. The van der Waals surface area contributed by atoms with Gasteiger partial charge in [-0.3, -0.25) is 14.7 Å². The Labute approximate surface area is 116 Å². The molecule has 0 saturated heterocycles. The van der Waals surface area contributed by atoms with Crippen LogP contribution in [0.4, 0.5) is 13.2 Å². The quantitative estimate of drug-likeness (QED) is 0.899. The van der Waals surface area contributed by atoms with E-state index < -0.39 is 31.1 Å². The number of hydrogen-bond donors (Lipinski definition) is 2. The number of carbonyl (C=O) groups is 2. The summed E-state index contributed by atoms with van der Waals surface area (Å²) in [6, 6.07) is 4.17. The SMILES string of the molecule is O=C(O)CN(CC(F)(F)F)C(=O)c1ccc2cn[nH]c2c1. The molecule has 0 unspecified atom stereocenters. The van der Waals surface area contributed by atoms with Gasteiger partial charge in [-0.05, 0) is 12.1 Å². The number of H-pyrrole nitrogens is 1. The number of carboxylic acid groups (broad SMARTS) is 1. The highest BCUT2D eigenvalue weighted by Gasteiger charge is 2.34. The van der Waals surface area contributed by atoms with Gasteiger partial charge in [0.05, 0.1) is 11.7 Å². The first-order valence-corrected chi connectivity index (χ1v) is 5.77. The zero-order valence-electron chi connectivity index (χ0n) is 10.5. The van der Waals surface area contributed by atoms with Crippen LogP contribution in [0.1, 0.15) is 10.4 Å². The first-order chi connectivity index (χ1) is 9.76. The summed E-state index contributed by atoms with van der Waals surface area (Å²) in [6.45, 7) is -2.65. The van der Waals surface area contributed by atoms with Crippen LogP contribution >= 0.6 is 0 Å². The van der Waals surface area contributed by atoms with E-state index in [0.29, 0.717) is 10.9 Å². The van der Waals surface area contributed by atoms with E-state index >= 15 is 0 Å². The maximum Gasteiger partial charge on any atom is 0.406 e. The number of aromatic nitrogens is 2. The molecule has 1 amide bonds. The fraction of sp³-hybridized carbons (Fsp3) is 0.250. The van der Waals surface area contributed by atoms with E-state index in [1.165, 1.54) is 24.4 Å². The number of halogens is 3. The Bertz CT molecular complexity index is 681. The number of aromatic amines is 1. The van der Waals surface area contributed by atoms with Gasteiger partial charge in [-0.15, -0.1) is 0 Å². The molecule has 2 N–H and O–H groups in total. The first kappa shape index (κ1) is 14.8. The first-order valence-electron chi connectivity index (χ1n) is 5.77. The van der Waals surface area contributed by atoms with Gasteiger partial charge in [0.2, 0.25) is 0 Å². The van der Waals surface area contributed by atoms with Crippen LogP contribution in [-0.2, 0) is 4.79 Å². The molecule has 1 aromatic carbocycles. The summed E-state index contributed by atoms with van der Waals surface area (Å²) in [7, 11) is 0. The molecule has 0 saturated carbocycles. The fourth-order valence-electron chi connectivity index (χ4n) is 1.83. The molecule has 0 fully saturated rings. The molecule has 1 heterocycles. The molecule has 2 rings (SSSR count). The number of rotatable bonds is 4. The minimum atomic E-state index is -4.68. The Morgan fingerprint density at radius 3 is 2.67 bits per heavy atom. The molecule has 0 aliphatic rings. The molecular formula is C12H10F3N3O3. The lowest BCUT2D eigenvalue weighted by Crippen LogP contribution is -2.42. The molecule has 0 bridgehead atoms. The maximum atomic E-state index is 12.4. The van der Waals surface area contributed by atoms with Gasteiger partial charge in [0.15, 0.2) is 0 Å². The Morgan fingerprint density at radius 2 is 2.05 bits per heavy atom. The summed E-state index contributed by atoms with van der Waals surface area (Å²) in [4.78, 5) is 22.9. The van der Waals surface area contributed by atoms with Crippen LogP contribution in [0.5, 0.6) is 0 Å². The van der Waals surface area contributed by atoms with Crippen molar-refractivity contribution in [1.82, 2.24) is 15.1 Å². The number of hydrogen-bond acceptors (Lipinski definition) is 3. The highest BCUT2D eigenvalue weighted by molar-refractivity contribution is 5.98. The Kier molecular flexibility index (Phi) is 3.83. The van der Waals surface area contributed by atoms with Crippen LogP contribution in [0.15, 0.2) is 24.4 Å². The summed E-state index contributed by atoms with van der Waals surface area (Å²) in [5, 5.41) is 15.6. The second-order valence-corrected chi connectivity index (χ2v) is 4.34. The van der Waals surface area contributed by atoms with Crippen molar-refractivity contribution in [3.05, 3.63) is 30.0 Å². The standard InChI is InChI=1S/C12H10F3N3O3/c13-12(14,15)6-18(5-10(19)20)11(21)7-1-2-8-4-16-17-9(8)3-7/h1-4H,5-6H2,(H,16,17)(H,19,20). The predicted octanol–water partition coefficient (Wildman–Crippen LogP) is 1.65. The highest BCUT2D eigenvalue weighted by Crippen LogP contribution is 2.19. The molecule has 112 valence electrons. The average Bonchev–Trinajstić information content (AvgIpc) is 2.81. The van der Waals surface area contributed by atoms with Crippen molar-refractivity contribution in [2.75, 3.05) is 13.1 Å². The third-order valence-corrected chi connectivity index (χ3v) is 2.67. The topological polar surface area (TPSA) is 86.3 Å². The van der Waals surface area contributed by atoms with Gasteiger partial charge in [0.1, 0.15) is 13.1 Å². The molecule has 9 heteroatoms. The molecule has 6 nitrogen and oxygen atoms in total. The lowest BCUT2D eigenvalue weighted by molar-refractivity contribution is -0.149. The van der Waals surface area contributed by atoms with Crippen molar-refractivity contribution < 1.29 is 27.9 Å². The minimum Gasteiger partial charge on any atom is -0.480 e. The third kappa shape index (κ3) is 3.71. The number of fused-ring (bicyclic) bond motifs is 1. The van der Waals surface area contributed by atoms with Crippen LogP contribution in [-0.4, -0.2) is 51.3 Å². The van der Waals surface area contributed by atoms with E-state index in [1.54, 1.807) is 0 Å². The lowest BCUT2D eigenvalue weighted by atomic mass is 10.1. The van der Waals surface area contributed by atoms with Crippen LogP contribution in [0, 0.1) is 0 Å². The summed E-state index contributed by atoms with van der Waals surface area (Å²) < 4.78 is 37.3. The summed E-state index contributed by atoms with van der Waals surface area (Å²) in [5.74, 6) is -2.53. The second-order valence-electron chi connectivity index (χ2n) is 4.34. The summed E-state index contributed by atoms with van der Waals surface area (Å²) in [6.07, 6.45) is -3.18. The smallest absolute Gasteiger partial charge is 0.406 e. The van der Waals surface area contributed by atoms with Crippen molar-refractivity contribution in [2.24, 2.45) is 0 Å². The Morgan fingerprint density at radius 1 is 1.33 bits per heavy atom. The summed E-state index contributed by atoms with van der Waals surface area (Å²) in [5.41, 5.74) is 0.431. The van der Waals surface area contributed by atoms with E-state index in [2.05, 4.69) is 10.2 Å². The lowest BCUT2D eigenvalue weighted by Gasteiger charge is -2.22. The monoisotopic (exact) mass is 301 g/mol.